The fourth-order valence-electron chi connectivity index (χ4n) is 1.83. The van der Waals surface area contributed by atoms with E-state index in [0.29, 0.717) is 12.1 Å². The number of halogens is 7. The Bertz CT molecular complexity index is 669. The maximum atomic E-state index is 13.0. The average Bonchev–Trinajstić information content (AvgIpc) is 2.40. The van der Waals surface area contributed by atoms with Gasteiger partial charge in [-0.3, -0.25) is 0 Å². The number of anilines is 2. The Morgan fingerprint density at radius 1 is 0.667 bits per heavy atom. The van der Waals surface area contributed by atoms with Crippen molar-refractivity contribution in [1.29, 1.82) is 0 Å². The monoisotopic (exact) mass is 372 g/mol. The molecule has 2 aromatic rings. The molecule has 0 bridgehead atoms. The van der Waals surface area contributed by atoms with E-state index in [1.165, 1.54) is 0 Å². The van der Waals surface area contributed by atoms with Crippen LogP contribution in [0.25, 0.3) is 0 Å². The molecule has 0 saturated heterocycles. The van der Waals surface area contributed by atoms with Gasteiger partial charge in [0.1, 0.15) is 22.6 Å². The molecule has 3 nitrogen and oxygen atoms in total. The lowest BCUT2D eigenvalue weighted by Crippen LogP contribution is -2.11. The zero-order valence-electron chi connectivity index (χ0n) is 11.7. The molecular weight excluding hydrogens is 362 g/mol. The minimum atomic E-state index is -4.84. The Balaban J connectivity index is 0.00000288. The standard InChI is InChI=1S/C14H10F6N2O.ClH/c15-13(16,17)9-5-7(21)1-3-11(9)23-12-4-2-8(22)6-10(12)14(18,19)20;/h1-6H,21-22H2;1H. The zero-order valence-corrected chi connectivity index (χ0v) is 12.5. The number of rotatable bonds is 2. The maximum absolute atomic E-state index is 13.0. The van der Waals surface area contributed by atoms with Crippen molar-refractivity contribution in [3.8, 4) is 11.5 Å². The second-order valence-electron chi connectivity index (χ2n) is 4.61. The van der Waals surface area contributed by atoms with Crippen LogP contribution in [0.2, 0.25) is 0 Å². The lowest BCUT2D eigenvalue weighted by Gasteiger charge is -2.17. The summed E-state index contributed by atoms with van der Waals surface area (Å²) in [6, 6.07) is 5.06. The maximum Gasteiger partial charge on any atom is 0.420 e. The normalized spacial score (nSPS) is 11.8. The number of hydrogen-bond acceptors (Lipinski definition) is 3. The molecule has 0 aliphatic heterocycles. The predicted octanol–water partition coefficient (Wildman–Crippen LogP) is 5.10. The van der Waals surface area contributed by atoms with Crippen LogP contribution >= 0.6 is 12.4 Å². The lowest BCUT2D eigenvalue weighted by atomic mass is 10.1. The van der Waals surface area contributed by atoms with Crippen molar-refractivity contribution < 1.29 is 31.1 Å². The molecule has 0 atom stereocenters. The topological polar surface area (TPSA) is 61.3 Å². The second kappa shape index (κ2) is 6.68. The van der Waals surface area contributed by atoms with Crippen LogP contribution in [0.5, 0.6) is 11.5 Å². The summed E-state index contributed by atoms with van der Waals surface area (Å²) in [5.74, 6) is -1.58. The highest BCUT2D eigenvalue weighted by Crippen LogP contribution is 2.43. The Kier molecular flexibility index (Phi) is 5.50. The van der Waals surface area contributed by atoms with Crippen molar-refractivity contribution in [2.45, 2.75) is 12.4 Å². The molecule has 4 N–H and O–H groups in total. The molecule has 0 aliphatic carbocycles. The molecule has 0 radical (unpaired) electrons. The molecular formula is C14H11ClF6N2O. The number of hydrogen-bond donors (Lipinski definition) is 2. The minimum Gasteiger partial charge on any atom is -0.456 e. The number of nitrogen functional groups attached to an aromatic ring is 2. The molecule has 2 rings (SSSR count). The van der Waals surface area contributed by atoms with E-state index in [1.807, 2.05) is 0 Å². The molecule has 0 unspecified atom stereocenters. The summed E-state index contributed by atoms with van der Waals surface area (Å²) in [6.07, 6.45) is -9.67. The van der Waals surface area contributed by atoms with Crippen LogP contribution in [0, 0.1) is 0 Å². The summed E-state index contributed by atoms with van der Waals surface area (Å²) in [5.41, 5.74) is 7.63. The molecule has 0 saturated carbocycles. The Morgan fingerprint density at radius 3 is 1.29 bits per heavy atom. The van der Waals surface area contributed by atoms with E-state index in [4.69, 9.17) is 16.2 Å². The van der Waals surface area contributed by atoms with E-state index in [2.05, 4.69) is 0 Å². The molecule has 2 aromatic carbocycles. The Hall–Kier alpha value is -2.29. The van der Waals surface area contributed by atoms with Gasteiger partial charge in [-0.15, -0.1) is 12.4 Å². The summed E-state index contributed by atoms with van der Waals surface area (Å²) in [6.45, 7) is 0. The van der Waals surface area contributed by atoms with Gasteiger partial charge in [-0.25, -0.2) is 0 Å². The van der Waals surface area contributed by atoms with Crippen molar-refractivity contribution in [2.75, 3.05) is 11.5 Å². The smallest absolute Gasteiger partial charge is 0.420 e. The van der Waals surface area contributed by atoms with E-state index in [1.54, 1.807) is 0 Å². The van der Waals surface area contributed by atoms with Crippen molar-refractivity contribution in [1.82, 2.24) is 0 Å². The SMILES string of the molecule is Cl.Nc1ccc(Oc2ccc(N)cc2C(F)(F)F)c(C(F)(F)F)c1. The average molecular weight is 373 g/mol. The second-order valence-corrected chi connectivity index (χ2v) is 4.61. The predicted molar refractivity (Wildman–Crippen MR) is 79.0 cm³/mol. The third kappa shape index (κ3) is 4.38. The molecule has 0 heterocycles. The quantitative estimate of drug-likeness (QED) is 0.569. The van der Waals surface area contributed by atoms with Gasteiger partial charge in [-0.1, -0.05) is 0 Å². The first-order chi connectivity index (χ1) is 10.5. The molecule has 0 aliphatic rings. The highest BCUT2D eigenvalue weighted by Gasteiger charge is 2.37. The zero-order chi connectivity index (χ0) is 17.4. The van der Waals surface area contributed by atoms with Gasteiger partial charge in [0.05, 0.1) is 0 Å². The van der Waals surface area contributed by atoms with Gasteiger partial charge in [0.2, 0.25) is 0 Å². The third-order valence-corrected chi connectivity index (χ3v) is 2.84. The van der Waals surface area contributed by atoms with Gasteiger partial charge in [0.25, 0.3) is 0 Å². The fraction of sp³-hybridized carbons (Fsp3) is 0.143. The third-order valence-electron chi connectivity index (χ3n) is 2.84. The molecule has 0 fully saturated rings. The highest BCUT2D eigenvalue weighted by atomic mass is 35.5. The molecule has 24 heavy (non-hydrogen) atoms. The summed E-state index contributed by atoms with van der Waals surface area (Å²) in [7, 11) is 0. The largest absolute Gasteiger partial charge is 0.456 e. The van der Waals surface area contributed by atoms with Gasteiger partial charge in [0.15, 0.2) is 0 Å². The molecule has 132 valence electrons. The summed E-state index contributed by atoms with van der Waals surface area (Å²) in [4.78, 5) is 0. The minimum absolute atomic E-state index is 0. The first kappa shape index (κ1) is 19.8. The molecule has 0 spiro atoms. The molecule has 0 amide bonds. The van der Waals surface area contributed by atoms with Crippen LogP contribution < -0.4 is 16.2 Å². The van der Waals surface area contributed by atoms with Gasteiger partial charge >= 0.3 is 12.4 Å². The summed E-state index contributed by atoms with van der Waals surface area (Å²) < 4.78 is 82.6. The first-order valence-corrected chi connectivity index (χ1v) is 6.10. The van der Waals surface area contributed by atoms with E-state index < -0.39 is 35.0 Å². The van der Waals surface area contributed by atoms with Crippen LogP contribution in [-0.4, -0.2) is 0 Å². The van der Waals surface area contributed by atoms with Gasteiger partial charge < -0.3 is 16.2 Å². The van der Waals surface area contributed by atoms with Crippen LogP contribution in [0.3, 0.4) is 0 Å². The van der Waals surface area contributed by atoms with E-state index >= 15 is 0 Å². The van der Waals surface area contributed by atoms with Crippen LogP contribution in [0.1, 0.15) is 11.1 Å². The van der Waals surface area contributed by atoms with Crippen molar-refractivity contribution >= 4 is 23.8 Å². The van der Waals surface area contributed by atoms with Crippen molar-refractivity contribution in [3.63, 3.8) is 0 Å². The highest BCUT2D eigenvalue weighted by molar-refractivity contribution is 5.85. The van der Waals surface area contributed by atoms with Crippen LogP contribution in [-0.2, 0) is 12.4 Å². The number of alkyl halides is 6. The van der Waals surface area contributed by atoms with E-state index in [0.717, 1.165) is 24.3 Å². The van der Waals surface area contributed by atoms with Crippen LogP contribution in [0.15, 0.2) is 36.4 Å². The Labute approximate surface area is 138 Å². The Morgan fingerprint density at radius 2 is 1.00 bits per heavy atom. The number of ether oxygens (including phenoxy) is 1. The molecule has 10 heteroatoms. The number of benzene rings is 2. The summed E-state index contributed by atoms with van der Waals surface area (Å²) >= 11 is 0. The van der Waals surface area contributed by atoms with E-state index in [-0.39, 0.29) is 23.8 Å². The first-order valence-electron chi connectivity index (χ1n) is 6.10. The van der Waals surface area contributed by atoms with E-state index in [9.17, 15) is 26.3 Å². The molecule has 0 aromatic heterocycles. The number of nitrogens with two attached hydrogens (primary N) is 2. The van der Waals surface area contributed by atoms with Gasteiger partial charge in [0, 0.05) is 11.4 Å². The van der Waals surface area contributed by atoms with Crippen LogP contribution in [0.4, 0.5) is 37.7 Å². The van der Waals surface area contributed by atoms with Gasteiger partial charge in [-0.05, 0) is 36.4 Å². The van der Waals surface area contributed by atoms with Crippen molar-refractivity contribution in [2.24, 2.45) is 0 Å². The van der Waals surface area contributed by atoms with Gasteiger partial charge in [-0.2, -0.15) is 26.3 Å². The fourth-order valence-corrected chi connectivity index (χ4v) is 1.83. The van der Waals surface area contributed by atoms with Crippen molar-refractivity contribution in [3.05, 3.63) is 47.5 Å². The lowest BCUT2D eigenvalue weighted by molar-refractivity contribution is -0.139. The summed E-state index contributed by atoms with van der Waals surface area (Å²) in [5, 5.41) is 0.